The van der Waals surface area contributed by atoms with Gasteiger partial charge in [-0.15, -0.1) is 13.2 Å². The van der Waals surface area contributed by atoms with Crippen LogP contribution in [0.2, 0.25) is 0 Å². The van der Waals surface area contributed by atoms with E-state index < -0.39 is 23.6 Å². The number of carbonyl (C=O) groups excluding carboxylic acids is 1. The highest BCUT2D eigenvalue weighted by atomic mass is 19.4. The highest BCUT2D eigenvalue weighted by molar-refractivity contribution is 5.96. The molecule has 1 rings (SSSR count). The lowest BCUT2D eigenvalue weighted by molar-refractivity contribution is -0.274. The molecule has 0 heterocycles. The van der Waals surface area contributed by atoms with Crippen LogP contribution in [0.5, 0.6) is 5.75 Å². The summed E-state index contributed by atoms with van der Waals surface area (Å²) >= 11 is 0. The van der Waals surface area contributed by atoms with Gasteiger partial charge in [-0.1, -0.05) is 6.07 Å². The summed E-state index contributed by atoms with van der Waals surface area (Å²) in [6.07, 6.45) is -4.79. The Hall–Kier alpha value is -1.76. The van der Waals surface area contributed by atoms with Gasteiger partial charge in [0.25, 0.3) is 5.91 Å². The molecule has 4 nitrogen and oxygen atoms in total. The molecule has 0 saturated carbocycles. The van der Waals surface area contributed by atoms with Crippen molar-refractivity contribution in [3.63, 3.8) is 0 Å². The minimum Gasteiger partial charge on any atom is -0.406 e. The summed E-state index contributed by atoms with van der Waals surface area (Å²) in [5.41, 5.74) is -1.52. The highest BCUT2D eigenvalue weighted by Crippen LogP contribution is 2.25. The van der Waals surface area contributed by atoms with Gasteiger partial charge in [0.05, 0.1) is 0 Å². The minimum atomic E-state index is -4.79. The first-order valence-electron chi connectivity index (χ1n) is 4.97. The number of aliphatic hydroxyl groups is 1. The SMILES string of the molecule is CC(C)(O)C(=O)Nc1cccc(OC(F)(F)F)c1. The van der Waals surface area contributed by atoms with Crippen LogP contribution in [0.25, 0.3) is 0 Å². The lowest BCUT2D eigenvalue weighted by Crippen LogP contribution is -2.36. The van der Waals surface area contributed by atoms with Crippen molar-refractivity contribution in [1.82, 2.24) is 0 Å². The number of amides is 1. The summed E-state index contributed by atoms with van der Waals surface area (Å²) in [6, 6.07) is 4.79. The molecule has 0 bridgehead atoms. The van der Waals surface area contributed by atoms with Gasteiger partial charge >= 0.3 is 6.36 Å². The Morgan fingerprint density at radius 1 is 1.33 bits per heavy atom. The zero-order valence-electron chi connectivity index (χ0n) is 9.71. The third-order valence-electron chi connectivity index (χ3n) is 1.88. The second-order valence-corrected chi connectivity index (χ2v) is 4.09. The molecule has 0 aliphatic carbocycles. The van der Waals surface area contributed by atoms with Crippen LogP contribution in [-0.2, 0) is 4.79 Å². The van der Waals surface area contributed by atoms with Crippen LogP contribution < -0.4 is 10.1 Å². The van der Waals surface area contributed by atoms with E-state index in [0.29, 0.717) is 0 Å². The van der Waals surface area contributed by atoms with Gasteiger partial charge < -0.3 is 15.2 Å². The van der Waals surface area contributed by atoms with E-state index in [4.69, 9.17) is 0 Å². The number of alkyl halides is 3. The molecule has 0 unspecified atom stereocenters. The van der Waals surface area contributed by atoms with Crippen LogP contribution in [0.15, 0.2) is 24.3 Å². The van der Waals surface area contributed by atoms with Gasteiger partial charge in [-0.05, 0) is 26.0 Å². The van der Waals surface area contributed by atoms with E-state index in [2.05, 4.69) is 10.1 Å². The minimum absolute atomic E-state index is 0.101. The fourth-order valence-electron chi connectivity index (χ4n) is 1.06. The molecule has 1 amide bonds. The Morgan fingerprint density at radius 3 is 2.44 bits per heavy atom. The molecule has 18 heavy (non-hydrogen) atoms. The standard InChI is InChI=1S/C11H12F3NO3/c1-10(2,17)9(16)15-7-4-3-5-8(6-7)18-11(12,13)14/h3-6,17H,1-2H3,(H,15,16). The Labute approximate surface area is 101 Å². The predicted molar refractivity (Wildman–Crippen MR) is 58.1 cm³/mol. The monoisotopic (exact) mass is 263 g/mol. The maximum atomic E-state index is 12.0. The van der Waals surface area contributed by atoms with Gasteiger partial charge in [0.1, 0.15) is 11.4 Å². The fraction of sp³-hybridized carbons (Fsp3) is 0.364. The van der Waals surface area contributed by atoms with Crippen molar-refractivity contribution in [2.24, 2.45) is 0 Å². The van der Waals surface area contributed by atoms with Gasteiger partial charge in [0.2, 0.25) is 0 Å². The number of halogens is 3. The summed E-state index contributed by atoms with van der Waals surface area (Å²) < 4.78 is 39.6. The average Bonchev–Trinajstić information content (AvgIpc) is 2.13. The van der Waals surface area contributed by atoms with Crippen LogP contribution >= 0.6 is 0 Å². The summed E-state index contributed by atoms with van der Waals surface area (Å²) in [7, 11) is 0. The topological polar surface area (TPSA) is 58.6 Å². The molecule has 0 fully saturated rings. The molecule has 100 valence electrons. The predicted octanol–water partition coefficient (Wildman–Crippen LogP) is 2.29. The molecule has 0 aliphatic rings. The fourth-order valence-corrected chi connectivity index (χ4v) is 1.06. The lowest BCUT2D eigenvalue weighted by atomic mass is 10.1. The number of carbonyl (C=O) groups is 1. The van der Waals surface area contributed by atoms with E-state index in [1.165, 1.54) is 26.0 Å². The lowest BCUT2D eigenvalue weighted by Gasteiger charge is -2.17. The van der Waals surface area contributed by atoms with Crippen LogP contribution in [0.1, 0.15) is 13.8 Å². The van der Waals surface area contributed by atoms with Crippen molar-refractivity contribution in [2.45, 2.75) is 25.8 Å². The maximum Gasteiger partial charge on any atom is 0.573 e. The van der Waals surface area contributed by atoms with Crippen molar-refractivity contribution in [3.05, 3.63) is 24.3 Å². The zero-order chi connectivity index (χ0) is 14.0. The number of ether oxygens (including phenoxy) is 1. The summed E-state index contributed by atoms with van der Waals surface area (Å²) in [6.45, 7) is 2.52. The molecule has 0 saturated heterocycles. The van der Waals surface area contributed by atoms with Gasteiger partial charge in [-0.25, -0.2) is 0 Å². The quantitative estimate of drug-likeness (QED) is 0.879. The highest BCUT2D eigenvalue weighted by Gasteiger charge is 2.31. The second kappa shape index (κ2) is 4.85. The first kappa shape index (κ1) is 14.3. The number of benzene rings is 1. The molecule has 7 heteroatoms. The third-order valence-corrected chi connectivity index (χ3v) is 1.88. The van der Waals surface area contributed by atoms with Crippen LogP contribution in [-0.4, -0.2) is 23.0 Å². The van der Waals surface area contributed by atoms with Crippen LogP contribution in [0, 0.1) is 0 Å². The van der Waals surface area contributed by atoms with Gasteiger partial charge in [0, 0.05) is 11.8 Å². The Bertz CT molecular complexity index is 438. The van der Waals surface area contributed by atoms with E-state index in [1.54, 1.807) is 0 Å². The van der Waals surface area contributed by atoms with E-state index in [-0.39, 0.29) is 5.69 Å². The molecule has 0 aromatic heterocycles. The van der Waals surface area contributed by atoms with Crippen molar-refractivity contribution in [1.29, 1.82) is 0 Å². The molecular formula is C11H12F3NO3. The summed E-state index contributed by atoms with van der Waals surface area (Å²) in [5.74, 6) is -1.18. The summed E-state index contributed by atoms with van der Waals surface area (Å²) in [5, 5.41) is 11.7. The van der Waals surface area contributed by atoms with Crippen LogP contribution in [0.4, 0.5) is 18.9 Å². The van der Waals surface area contributed by atoms with Crippen molar-refractivity contribution in [3.8, 4) is 5.75 Å². The van der Waals surface area contributed by atoms with E-state index in [9.17, 15) is 23.1 Å². The first-order valence-corrected chi connectivity index (χ1v) is 4.97. The smallest absolute Gasteiger partial charge is 0.406 e. The van der Waals surface area contributed by atoms with Crippen molar-refractivity contribution < 1.29 is 27.8 Å². The number of hydrogen-bond donors (Lipinski definition) is 2. The molecule has 0 atom stereocenters. The number of hydrogen-bond acceptors (Lipinski definition) is 3. The number of nitrogens with one attached hydrogen (secondary N) is 1. The largest absolute Gasteiger partial charge is 0.573 e. The first-order chi connectivity index (χ1) is 8.08. The Balaban J connectivity index is 2.80. The van der Waals surface area contributed by atoms with Gasteiger partial charge in [-0.2, -0.15) is 0 Å². The molecule has 0 spiro atoms. The van der Waals surface area contributed by atoms with Gasteiger partial charge in [0.15, 0.2) is 0 Å². The second-order valence-electron chi connectivity index (χ2n) is 4.09. The summed E-state index contributed by atoms with van der Waals surface area (Å²) in [4.78, 5) is 11.4. The molecule has 1 aromatic rings. The Morgan fingerprint density at radius 2 is 1.94 bits per heavy atom. The number of anilines is 1. The molecule has 1 aromatic carbocycles. The van der Waals surface area contributed by atoms with Gasteiger partial charge in [-0.3, -0.25) is 4.79 Å². The average molecular weight is 263 g/mol. The third kappa shape index (κ3) is 4.62. The van der Waals surface area contributed by atoms with Crippen molar-refractivity contribution in [2.75, 3.05) is 5.32 Å². The van der Waals surface area contributed by atoms with E-state index in [1.807, 2.05) is 0 Å². The zero-order valence-corrected chi connectivity index (χ0v) is 9.71. The van der Waals surface area contributed by atoms with E-state index in [0.717, 1.165) is 12.1 Å². The Kier molecular flexibility index (Phi) is 3.85. The van der Waals surface area contributed by atoms with Crippen molar-refractivity contribution >= 4 is 11.6 Å². The molecule has 0 radical (unpaired) electrons. The molecular weight excluding hydrogens is 251 g/mol. The maximum absolute atomic E-state index is 12.0. The number of rotatable bonds is 3. The molecule has 2 N–H and O–H groups in total. The van der Waals surface area contributed by atoms with E-state index >= 15 is 0 Å². The molecule has 0 aliphatic heterocycles. The normalized spacial score (nSPS) is 12.1. The van der Waals surface area contributed by atoms with Crippen LogP contribution in [0.3, 0.4) is 0 Å².